The number of nitrogens with one attached hydrogen (secondary N) is 1. The predicted octanol–water partition coefficient (Wildman–Crippen LogP) is 0.846. The topological polar surface area (TPSA) is 65.6 Å². The Hall–Kier alpha value is -2.67. The lowest BCUT2D eigenvalue weighted by atomic mass is 10.1. The van der Waals surface area contributed by atoms with Crippen LogP contribution < -0.4 is 19.1 Å². The second-order valence-electron chi connectivity index (χ2n) is 6.26. The molecule has 0 unspecified atom stereocenters. The van der Waals surface area contributed by atoms with Gasteiger partial charge in [0.1, 0.15) is 6.54 Å². The fraction of sp³-hybridized carbons (Fsp3) is 0.421. The van der Waals surface area contributed by atoms with E-state index in [2.05, 4.69) is 0 Å². The molecule has 1 fully saturated rings. The highest BCUT2D eigenvalue weighted by Gasteiger charge is 2.26. The molecule has 1 N–H and O–H groups in total. The molecule has 0 spiro atoms. The third-order valence-corrected chi connectivity index (χ3v) is 4.70. The van der Waals surface area contributed by atoms with Crippen molar-refractivity contribution in [1.82, 2.24) is 4.90 Å². The van der Waals surface area contributed by atoms with Crippen LogP contribution in [0.15, 0.2) is 35.1 Å². The van der Waals surface area contributed by atoms with Gasteiger partial charge in [-0.3, -0.25) is 4.79 Å². The normalized spacial score (nSPS) is 15.0. The van der Waals surface area contributed by atoms with Crippen LogP contribution in [0, 0.1) is 0 Å². The van der Waals surface area contributed by atoms with Gasteiger partial charge in [0.15, 0.2) is 11.5 Å². The van der Waals surface area contributed by atoms with Crippen LogP contribution in [-0.2, 0) is 6.54 Å². The minimum absolute atomic E-state index is 0.0217. The molecule has 0 radical (unpaired) electrons. The van der Waals surface area contributed by atoms with Gasteiger partial charge in [-0.2, -0.15) is 0 Å². The molecule has 3 rings (SSSR count). The third-order valence-electron chi connectivity index (χ3n) is 4.70. The molecular weight excluding hydrogens is 336 g/mol. The molecule has 0 bridgehead atoms. The first kappa shape index (κ1) is 18.1. The molecule has 1 aromatic carbocycles. The van der Waals surface area contributed by atoms with Gasteiger partial charge >= 0.3 is 0 Å². The molecule has 26 heavy (non-hydrogen) atoms. The summed E-state index contributed by atoms with van der Waals surface area (Å²) in [5.41, 5.74) is 1.72. The van der Waals surface area contributed by atoms with Crippen molar-refractivity contribution in [3.63, 3.8) is 0 Å². The van der Waals surface area contributed by atoms with Crippen molar-refractivity contribution in [3.8, 4) is 17.2 Å². The minimum Gasteiger partial charge on any atom is -0.493 e. The van der Waals surface area contributed by atoms with E-state index in [-0.39, 0.29) is 5.91 Å². The first-order chi connectivity index (χ1) is 12.7. The number of nitrogens with zero attached hydrogens (tertiary/aromatic N) is 1. The molecular formula is C19H25N2O5+. The van der Waals surface area contributed by atoms with E-state index in [1.165, 1.54) is 10.5 Å². The Morgan fingerprint density at radius 3 is 2.27 bits per heavy atom. The van der Waals surface area contributed by atoms with Gasteiger partial charge < -0.3 is 28.4 Å². The Balaban J connectivity index is 1.68. The number of carbonyl (C=O) groups excluding carboxylic acids is 1. The highest BCUT2D eigenvalue weighted by atomic mass is 16.5. The van der Waals surface area contributed by atoms with Gasteiger partial charge in [0.2, 0.25) is 5.75 Å². The average molecular weight is 361 g/mol. The summed E-state index contributed by atoms with van der Waals surface area (Å²) >= 11 is 0. The number of hydrogen-bond donors (Lipinski definition) is 1. The zero-order valence-corrected chi connectivity index (χ0v) is 15.4. The zero-order valence-electron chi connectivity index (χ0n) is 15.4. The minimum atomic E-state index is -0.0217. The molecule has 7 nitrogen and oxygen atoms in total. The van der Waals surface area contributed by atoms with Crippen LogP contribution in [0.4, 0.5) is 0 Å². The number of piperazine rings is 1. The predicted molar refractivity (Wildman–Crippen MR) is 95.1 cm³/mol. The summed E-state index contributed by atoms with van der Waals surface area (Å²) in [6.45, 7) is 4.15. The summed E-state index contributed by atoms with van der Waals surface area (Å²) in [7, 11) is 4.64. The average Bonchev–Trinajstić information content (AvgIpc) is 3.19. The van der Waals surface area contributed by atoms with Gasteiger partial charge in [-0.1, -0.05) is 0 Å². The monoisotopic (exact) mass is 361 g/mol. The van der Waals surface area contributed by atoms with Crippen LogP contribution in [0.3, 0.4) is 0 Å². The fourth-order valence-electron chi connectivity index (χ4n) is 3.27. The number of carbonyl (C=O) groups is 1. The van der Waals surface area contributed by atoms with Gasteiger partial charge in [-0.15, -0.1) is 0 Å². The lowest BCUT2D eigenvalue weighted by molar-refractivity contribution is -0.917. The van der Waals surface area contributed by atoms with Gasteiger partial charge in [0, 0.05) is 11.1 Å². The molecule has 1 aliphatic heterocycles. The van der Waals surface area contributed by atoms with Crippen molar-refractivity contribution >= 4 is 5.91 Å². The van der Waals surface area contributed by atoms with Crippen LogP contribution in [0.25, 0.3) is 0 Å². The molecule has 2 aromatic rings. The van der Waals surface area contributed by atoms with Gasteiger partial charge in [-0.25, -0.2) is 0 Å². The Labute approximate surface area is 153 Å². The molecule has 1 aliphatic rings. The van der Waals surface area contributed by atoms with Crippen molar-refractivity contribution in [3.05, 3.63) is 41.9 Å². The standard InChI is InChI=1S/C19H24N2O5/c1-23-16-10-15(11-17(24-2)18(16)25-3)19(22)21-7-5-20(6-8-21)12-14-4-9-26-13-14/h4,9-11,13H,5-8,12H2,1-3H3/p+1. The number of ether oxygens (including phenoxy) is 3. The number of benzene rings is 1. The van der Waals surface area contributed by atoms with E-state index in [4.69, 9.17) is 18.6 Å². The van der Waals surface area contributed by atoms with E-state index in [9.17, 15) is 4.79 Å². The van der Waals surface area contributed by atoms with Crippen molar-refractivity contribution in [2.45, 2.75) is 6.54 Å². The first-order valence-electron chi connectivity index (χ1n) is 8.60. The Kier molecular flexibility index (Phi) is 5.68. The van der Waals surface area contributed by atoms with Crippen LogP contribution in [0.1, 0.15) is 15.9 Å². The second kappa shape index (κ2) is 8.14. The number of hydrogen-bond acceptors (Lipinski definition) is 5. The maximum absolute atomic E-state index is 12.9. The first-order valence-corrected chi connectivity index (χ1v) is 8.60. The number of furan rings is 1. The van der Waals surface area contributed by atoms with E-state index in [1.807, 2.05) is 11.0 Å². The molecule has 1 aromatic heterocycles. The highest BCUT2D eigenvalue weighted by molar-refractivity contribution is 5.95. The molecule has 140 valence electrons. The maximum Gasteiger partial charge on any atom is 0.254 e. The van der Waals surface area contributed by atoms with E-state index < -0.39 is 0 Å². The van der Waals surface area contributed by atoms with E-state index in [1.54, 1.807) is 46.0 Å². The van der Waals surface area contributed by atoms with Gasteiger partial charge in [-0.05, 0) is 18.2 Å². The number of rotatable bonds is 6. The van der Waals surface area contributed by atoms with Crippen molar-refractivity contribution < 1.29 is 28.3 Å². The molecule has 1 saturated heterocycles. The van der Waals surface area contributed by atoms with E-state index >= 15 is 0 Å². The summed E-state index contributed by atoms with van der Waals surface area (Å²) in [6.07, 6.45) is 3.47. The van der Waals surface area contributed by atoms with E-state index in [0.29, 0.717) is 35.9 Å². The van der Waals surface area contributed by atoms with Crippen molar-refractivity contribution in [2.24, 2.45) is 0 Å². The largest absolute Gasteiger partial charge is 0.493 e. The smallest absolute Gasteiger partial charge is 0.254 e. The molecule has 0 aliphatic carbocycles. The number of quaternary nitrogens is 1. The molecule has 7 heteroatoms. The SMILES string of the molecule is COc1cc(C(=O)N2CC[NH+](Cc3ccoc3)CC2)cc(OC)c1OC. The summed E-state index contributed by atoms with van der Waals surface area (Å²) in [4.78, 5) is 16.2. The summed E-state index contributed by atoms with van der Waals surface area (Å²) in [5, 5.41) is 0. The molecule has 0 atom stereocenters. The summed E-state index contributed by atoms with van der Waals surface area (Å²) in [5.74, 6) is 1.44. The molecule has 1 amide bonds. The fourth-order valence-corrected chi connectivity index (χ4v) is 3.27. The summed E-state index contributed by atoms with van der Waals surface area (Å²) < 4.78 is 21.1. The van der Waals surface area contributed by atoms with E-state index in [0.717, 1.165) is 19.6 Å². The van der Waals surface area contributed by atoms with Crippen LogP contribution in [0.2, 0.25) is 0 Å². The highest BCUT2D eigenvalue weighted by Crippen LogP contribution is 2.38. The lowest BCUT2D eigenvalue weighted by Gasteiger charge is -2.32. The number of amides is 1. The van der Waals surface area contributed by atoms with Gasteiger partial charge in [0.25, 0.3) is 5.91 Å². The second-order valence-corrected chi connectivity index (χ2v) is 6.26. The maximum atomic E-state index is 12.9. The van der Waals surface area contributed by atoms with Crippen molar-refractivity contribution in [1.29, 1.82) is 0 Å². The summed E-state index contributed by atoms with van der Waals surface area (Å²) in [6, 6.07) is 5.39. The van der Waals surface area contributed by atoms with Gasteiger partial charge in [0.05, 0.1) is 60.0 Å². The Morgan fingerprint density at radius 2 is 1.77 bits per heavy atom. The molecule has 0 saturated carbocycles. The zero-order chi connectivity index (χ0) is 18.5. The Morgan fingerprint density at radius 1 is 1.12 bits per heavy atom. The van der Waals surface area contributed by atoms with Crippen molar-refractivity contribution in [2.75, 3.05) is 47.5 Å². The Bertz CT molecular complexity index is 711. The van der Waals surface area contributed by atoms with Crippen LogP contribution in [-0.4, -0.2) is 58.3 Å². The van der Waals surface area contributed by atoms with Crippen LogP contribution >= 0.6 is 0 Å². The quantitative estimate of drug-likeness (QED) is 0.826. The van der Waals surface area contributed by atoms with Crippen LogP contribution in [0.5, 0.6) is 17.2 Å². The number of methoxy groups -OCH3 is 3. The lowest BCUT2D eigenvalue weighted by Crippen LogP contribution is -3.13. The third kappa shape index (κ3) is 3.77. The molecule has 2 heterocycles.